The molecular formula is C14H22BrNS. The molecule has 1 aromatic rings. The lowest BCUT2D eigenvalue weighted by Crippen LogP contribution is -2.30. The van der Waals surface area contributed by atoms with Gasteiger partial charge >= 0.3 is 0 Å². The van der Waals surface area contributed by atoms with Gasteiger partial charge in [0, 0.05) is 17.5 Å². The Balaban J connectivity index is 1.67. The van der Waals surface area contributed by atoms with Crippen molar-refractivity contribution >= 4 is 27.3 Å². The van der Waals surface area contributed by atoms with Crippen LogP contribution in [0.3, 0.4) is 0 Å². The van der Waals surface area contributed by atoms with Gasteiger partial charge in [0.25, 0.3) is 0 Å². The molecule has 1 aliphatic rings. The molecule has 17 heavy (non-hydrogen) atoms. The van der Waals surface area contributed by atoms with Gasteiger partial charge in [0.1, 0.15) is 0 Å². The summed E-state index contributed by atoms with van der Waals surface area (Å²) in [5.74, 6) is 0.940. The van der Waals surface area contributed by atoms with Crippen molar-refractivity contribution in [1.82, 2.24) is 5.32 Å². The molecule has 1 heterocycles. The molecule has 0 amide bonds. The van der Waals surface area contributed by atoms with Crippen molar-refractivity contribution < 1.29 is 0 Å². The normalized spacial score (nSPS) is 25.8. The van der Waals surface area contributed by atoms with Crippen LogP contribution in [0.5, 0.6) is 0 Å². The van der Waals surface area contributed by atoms with Crippen LogP contribution in [0.25, 0.3) is 0 Å². The standard InChI is InChI=1S/C14H22BrNS/c1-11-3-2-4-12(6-5-11)16-10-9-13-7-8-14(15)17-13/h7-8,11-12,16H,2-6,9-10H2,1H3. The van der Waals surface area contributed by atoms with Crippen molar-refractivity contribution in [2.75, 3.05) is 6.54 Å². The average molecular weight is 316 g/mol. The second-order valence-electron chi connectivity index (χ2n) is 5.22. The Bertz CT molecular complexity index is 337. The van der Waals surface area contributed by atoms with E-state index >= 15 is 0 Å². The molecule has 0 radical (unpaired) electrons. The lowest BCUT2D eigenvalue weighted by molar-refractivity contribution is 0.451. The van der Waals surface area contributed by atoms with Crippen LogP contribution in [-0.2, 0) is 6.42 Å². The summed E-state index contributed by atoms with van der Waals surface area (Å²) in [5.41, 5.74) is 0. The molecule has 0 aromatic carbocycles. The van der Waals surface area contributed by atoms with Crippen LogP contribution in [0, 0.1) is 5.92 Å². The summed E-state index contributed by atoms with van der Waals surface area (Å²) in [6.45, 7) is 3.53. The van der Waals surface area contributed by atoms with Gasteiger partial charge < -0.3 is 5.32 Å². The van der Waals surface area contributed by atoms with Crippen molar-refractivity contribution in [3.8, 4) is 0 Å². The van der Waals surface area contributed by atoms with E-state index in [1.54, 1.807) is 0 Å². The first-order valence-corrected chi connectivity index (χ1v) is 8.32. The summed E-state index contributed by atoms with van der Waals surface area (Å²) >= 11 is 5.37. The molecule has 1 saturated carbocycles. The fraction of sp³-hybridized carbons (Fsp3) is 0.714. The highest BCUT2D eigenvalue weighted by Crippen LogP contribution is 2.24. The van der Waals surface area contributed by atoms with Gasteiger partial charge in [0.15, 0.2) is 0 Å². The molecule has 0 aliphatic heterocycles. The van der Waals surface area contributed by atoms with Gasteiger partial charge in [-0.1, -0.05) is 19.8 Å². The Morgan fingerprint density at radius 1 is 1.29 bits per heavy atom. The van der Waals surface area contributed by atoms with E-state index in [9.17, 15) is 0 Å². The predicted octanol–water partition coefficient (Wildman–Crippen LogP) is 4.61. The van der Waals surface area contributed by atoms with Gasteiger partial charge in [0.05, 0.1) is 3.79 Å². The summed E-state index contributed by atoms with van der Waals surface area (Å²) in [5, 5.41) is 3.73. The van der Waals surface area contributed by atoms with E-state index in [2.05, 4.69) is 40.3 Å². The average Bonchev–Trinajstić information content (AvgIpc) is 2.59. The highest BCUT2D eigenvalue weighted by atomic mass is 79.9. The first-order chi connectivity index (χ1) is 8.24. The number of hydrogen-bond donors (Lipinski definition) is 1. The number of thiophene rings is 1. The van der Waals surface area contributed by atoms with Crippen LogP contribution in [0.2, 0.25) is 0 Å². The van der Waals surface area contributed by atoms with E-state index < -0.39 is 0 Å². The van der Waals surface area contributed by atoms with Gasteiger partial charge in [0.2, 0.25) is 0 Å². The maximum absolute atomic E-state index is 3.73. The van der Waals surface area contributed by atoms with Crippen LogP contribution in [0.1, 0.15) is 43.9 Å². The Morgan fingerprint density at radius 3 is 2.94 bits per heavy atom. The smallest absolute Gasteiger partial charge is 0.0701 e. The van der Waals surface area contributed by atoms with Crippen molar-refractivity contribution in [2.45, 2.75) is 51.5 Å². The summed E-state index contributed by atoms with van der Waals surface area (Å²) in [4.78, 5) is 1.48. The third-order valence-electron chi connectivity index (χ3n) is 3.69. The molecule has 1 nitrogen and oxygen atoms in total. The van der Waals surface area contributed by atoms with Gasteiger partial charge in [-0.2, -0.15) is 0 Å². The van der Waals surface area contributed by atoms with E-state index in [1.807, 2.05) is 11.3 Å². The quantitative estimate of drug-likeness (QED) is 0.800. The van der Waals surface area contributed by atoms with Gasteiger partial charge in [-0.3, -0.25) is 0 Å². The highest BCUT2D eigenvalue weighted by Gasteiger charge is 2.15. The van der Waals surface area contributed by atoms with Gasteiger partial charge in [-0.15, -0.1) is 11.3 Å². The fourth-order valence-electron chi connectivity index (χ4n) is 2.58. The number of rotatable bonds is 4. The van der Waals surface area contributed by atoms with E-state index in [1.165, 1.54) is 47.2 Å². The molecule has 1 aromatic heterocycles. The van der Waals surface area contributed by atoms with Gasteiger partial charge in [-0.05, 0) is 59.7 Å². The summed E-state index contributed by atoms with van der Waals surface area (Å²) in [6.07, 6.45) is 8.15. The maximum atomic E-state index is 3.73. The van der Waals surface area contributed by atoms with E-state index in [4.69, 9.17) is 0 Å². The summed E-state index contributed by atoms with van der Waals surface area (Å²) in [6, 6.07) is 5.14. The van der Waals surface area contributed by atoms with Gasteiger partial charge in [-0.25, -0.2) is 0 Å². The largest absolute Gasteiger partial charge is 0.314 e. The zero-order valence-electron chi connectivity index (χ0n) is 10.5. The third kappa shape index (κ3) is 4.72. The molecule has 2 rings (SSSR count). The molecule has 1 aliphatic carbocycles. The SMILES string of the molecule is CC1CCCC(NCCc2ccc(Br)s2)CC1. The van der Waals surface area contributed by atoms with Crippen molar-refractivity contribution in [1.29, 1.82) is 0 Å². The Labute approximate surface area is 117 Å². The molecule has 96 valence electrons. The van der Waals surface area contributed by atoms with Crippen LogP contribution in [0.15, 0.2) is 15.9 Å². The second-order valence-corrected chi connectivity index (χ2v) is 7.77. The van der Waals surface area contributed by atoms with E-state index in [0.29, 0.717) is 0 Å². The molecule has 0 saturated heterocycles. The van der Waals surface area contributed by atoms with Crippen molar-refractivity contribution in [3.63, 3.8) is 0 Å². The van der Waals surface area contributed by atoms with Crippen LogP contribution >= 0.6 is 27.3 Å². The van der Waals surface area contributed by atoms with Crippen LogP contribution < -0.4 is 5.32 Å². The second kappa shape index (κ2) is 6.91. The highest BCUT2D eigenvalue weighted by molar-refractivity contribution is 9.11. The Hall–Kier alpha value is 0.140. The zero-order chi connectivity index (χ0) is 12.1. The zero-order valence-corrected chi connectivity index (χ0v) is 12.9. The Kier molecular flexibility index (Phi) is 5.51. The molecule has 3 heteroatoms. The minimum absolute atomic E-state index is 0.767. The predicted molar refractivity (Wildman–Crippen MR) is 79.8 cm³/mol. The monoisotopic (exact) mass is 315 g/mol. The fourth-order valence-corrected chi connectivity index (χ4v) is 4.06. The molecule has 0 spiro atoms. The molecule has 0 bridgehead atoms. The first-order valence-electron chi connectivity index (χ1n) is 6.71. The topological polar surface area (TPSA) is 12.0 Å². The summed E-state index contributed by atoms with van der Waals surface area (Å²) in [7, 11) is 0. The first kappa shape index (κ1) is 13.6. The van der Waals surface area contributed by atoms with E-state index in [0.717, 1.165) is 18.5 Å². The number of hydrogen-bond acceptors (Lipinski definition) is 2. The lowest BCUT2D eigenvalue weighted by Gasteiger charge is -2.15. The van der Waals surface area contributed by atoms with Crippen LogP contribution in [0.4, 0.5) is 0 Å². The molecule has 1 N–H and O–H groups in total. The molecule has 2 atom stereocenters. The molecule has 1 fully saturated rings. The minimum Gasteiger partial charge on any atom is -0.314 e. The summed E-state index contributed by atoms with van der Waals surface area (Å²) < 4.78 is 1.25. The lowest BCUT2D eigenvalue weighted by atomic mass is 10.0. The van der Waals surface area contributed by atoms with Crippen molar-refractivity contribution in [2.24, 2.45) is 5.92 Å². The maximum Gasteiger partial charge on any atom is 0.0701 e. The minimum atomic E-state index is 0.767. The molecular weight excluding hydrogens is 294 g/mol. The number of halogens is 1. The Morgan fingerprint density at radius 2 is 2.18 bits per heavy atom. The molecule has 2 unspecified atom stereocenters. The van der Waals surface area contributed by atoms with Crippen LogP contribution in [-0.4, -0.2) is 12.6 Å². The van der Waals surface area contributed by atoms with E-state index in [-0.39, 0.29) is 0 Å². The van der Waals surface area contributed by atoms with Crippen molar-refractivity contribution in [3.05, 3.63) is 20.8 Å². The third-order valence-corrected chi connectivity index (χ3v) is 5.37. The number of nitrogens with one attached hydrogen (secondary N) is 1.